The summed E-state index contributed by atoms with van der Waals surface area (Å²) in [6.07, 6.45) is 1.31. The van der Waals surface area contributed by atoms with E-state index in [1.165, 1.54) is 5.56 Å². The van der Waals surface area contributed by atoms with Gasteiger partial charge in [0.25, 0.3) is 5.91 Å². The van der Waals surface area contributed by atoms with Gasteiger partial charge in [-0.1, -0.05) is 38.1 Å². The van der Waals surface area contributed by atoms with Gasteiger partial charge in [0.2, 0.25) is 5.91 Å². The first-order valence-corrected chi connectivity index (χ1v) is 10.5. The summed E-state index contributed by atoms with van der Waals surface area (Å²) in [4.78, 5) is 26.3. The van der Waals surface area contributed by atoms with Gasteiger partial charge in [0.05, 0.1) is 12.5 Å². The number of nitrogens with one attached hydrogen (secondary N) is 1. The standard InChI is InChI=1S/C24H30N2O4/c1-17(2)19-5-9-22(10-6-19)30-16-23(28)25-20-7-3-18(4-8-20)15-24(29)26-13-11-21(27)12-14-26/h3-10,17,21,27H,11-16H2,1-2H3,(H,25,28). The Morgan fingerprint density at radius 2 is 1.70 bits per heavy atom. The number of aliphatic hydroxyl groups excluding tert-OH is 1. The highest BCUT2D eigenvalue weighted by Crippen LogP contribution is 2.19. The summed E-state index contributed by atoms with van der Waals surface area (Å²) >= 11 is 0. The van der Waals surface area contributed by atoms with Crippen molar-refractivity contribution < 1.29 is 19.4 Å². The molecule has 3 rings (SSSR count). The zero-order valence-electron chi connectivity index (χ0n) is 17.6. The SMILES string of the molecule is CC(C)c1ccc(OCC(=O)Nc2ccc(CC(=O)N3CCC(O)CC3)cc2)cc1. The highest BCUT2D eigenvalue weighted by molar-refractivity contribution is 5.92. The van der Waals surface area contributed by atoms with Crippen LogP contribution in [0.4, 0.5) is 5.69 Å². The number of amides is 2. The molecule has 1 heterocycles. The first kappa shape index (κ1) is 21.8. The van der Waals surface area contributed by atoms with E-state index < -0.39 is 0 Å². The fourth-order valence-corrected chi connectivity index (χ4v) is 3.40. The number of aliphatic hydroxyl groups is 1. The van der Waals surface area contributed by atoms with Crippen LogP contribution in [0.3, 0.4) is 0 Å². The third-order valence-corrected chi connectivity index (χ3v) is 5.33. The highest BCUT2D eigenvalue weighted by Gasteiger charge is 2.21. The zero-order chi connectivity index (χ0) is 21.5. The van der Waals surface area contributed by atoms with E-state index in [2.05, 4.69) is 19.2 Å². The van der Waals surface area contributed by atoms with Crippen molar-refractivity contribution in [2.75, 3.05) is 25.0 Å². The fraction of sp³-hybridized carbons (Fsp3) is 0.417. The van der Waals surface area contributed by atoms with Crippen LogP contribution in [-0.2, 0) is 16.0 Å². The summed E-state index contributed by atoms with van der Waals surface area (Å²) < 4.78 is 5.55. The van der Waals surface area contributed by atoms with Gasteiger partial charge in [-0.25, -0.2) is 0 Å². The Kier molecular flexibility index (Phi) is 7.46. The summed E-state index contributed by atoms with van der Waals surface area (Å²) in [7, 11) is 0. The molecular weight excluding hydrogens is 380 g/mol. The maximum atomic E-state index is 12.4. The monoisotopic (exact) mass is 410 g/mol. The van der Waals surface area contributed by atoms with Gasteiger partial charge >= 0.3 is 0 Å². The molecule has 6 nitrogen and oxygen atoms in total. The van der Waals surface area contributed by atoms with E-state index in [0.717, 1.165) is 5.56 Å². The summed E-state index contributed by atoms with van der Waals surface area (Å²) in [5.74, 6) is 0.941. The molecule has 6 heteroatoms. The molecule has 0 unspecified atom stereocenters. The van der Waals surface area contributed by atoms with Gasteiger partial charge in [-0.2, -0.15) is 0 Å². The van der Waals surface area contributed by atoms with Crippen LogP contribution in [-0.4, -0.2) is 47.6 Å². The molecule has 1 fully saturated rings. The van der Waals surface area contributed by atoms with Gasteiger partial charge in [-0.05, 0) is 54.2 Å². The molecule has 0 saturated carbocycles. The molecule has 1 saturated heterocycles. The lowest BCUT2D eigenvalue weighted by atomic mass is 10.0. The molecular formula is C24H30N2O4. The third kappa shape index (κ3) is 6.32. The van der Waals surface area contributed by atoms with Crippen LogP contribution in [0.2, 0.25) is 0 Å². The lowest BCUT2D eigenvalue weighted by Gasteiger charge is -2.29. The van der Waals surface area contributed by atoms with Crippen LogP contribution >= 0.6 is 0 Å². The zero-order valence-corrected chi connectivity index (χ0v) is 17.6. The molecule has 2 amide bonds. The van der Waals surface area contributed by atoms with E-state index in [1.807, 2.05) is 36.4 Å². The highest BCUT2D eigenvalue weighted by atomic mass is 16.5. The van der Waals surface area contributed by atoms with Crippen molar-refractivity contribution in [2.45, 2.75) is 45.1 Å². The van der Waals surface area contributed by atoms with Crippen molar-refractivity contribution in [3.8, 4) is 5.75 Å². The molecule has 1 aliphatic rings. The Morgan fingerprint density at radius 3 is 2.30 bits per heavy atom. The number of carbonyl (C=O) groups is 2. The Balaban J connectivity index is 1.44. The average Bonchev–Trinajstić information content (AvgIpc) is 2.74. The maximum Gasteiger partial charge on any atom is 0.262 e. The number of ether oxygens (including phenoxy) is 1. The summed E-state index contributed by atoms with van der Waals surface area (Å²) in [6, 6.07) is 15.0. The van der Waals surface area contributed by atoms with E-state index in [0.29, 0.717) is 49.7 Å². The minimum atomic E-state index is -0.291. The van der Waals surface area contributed by atoms with Gasteiger partial charge in [-0.3, -0.25) is 9.59 Å². The maximum absolute atomic E-state index is 12.4. The minimum Gasteiger partial charge on any atom is -0.484 e. The van der Waals surface area contributed by atoms with Gasteiger partial charge in [0.1, 0.15) is 5.75 Å². The molecule has 0 bridgehead atoms. The molecule has 2 N–H and O–H groups in total. The largest absolute Gasteiger partial charge is 0.484 e. The first-order chi connectivity index (χ1) is 14.4. The summed E-state index contributed by atoms with van der Waals surface area (Å²) in [5.41, 5.74) is 2.78. The van der Waals surface area contributed by atoms with E-state index in [9.17, 15) is 14.7 Å². The smallest absolute Gasteiger partial charge is 0.262 e. The Hall–Kier alpha value is -2.86. The van der Waals surface area contributed by atoms with Gasteiger partial charge in [-0.15, -0.1) is 0 Å². The molecule has 0 atom stereocenters. The number of piperidine rings is 1. The quantitative estimate of drug-likeness (QED) is 0.734. The van der Waals surface area contributed by atoms with Crippen LogP contribution in [0, 0.1) is 0 Å². The van der Waals surface area contributed by atoms with Gasteiger partial charge < -0.3 is 20.1 Å². The minimum absolute atomic E-state index is 0.0653. The molecule has 2 aromatic rings. The van der Waals surface area contributed by atoms with Crippen LogP contribution in [0.1, 0.15) is 43.7 Å². The molecule has 0 radical (unpaired) electrons. The number of hydrogen-bond donors (Lipinski definition) is 2. The number of carbonyl (C=O) groups excluding carboxylic acids is 2. The fourth-order valence-electron chi connectivity index (χ4n) is 3.40. The summed E-state index contributed by atoms with van der Waals surface area (Å²) in [5, 5.41) is 12.4. The Labute approximate surface area is 177 Å². The third-order valence-electron chi connectivity index (χ3n) is 5.33. The second kappa shape index (κ2) is 10.3. The van der Waals surface area contributed by atoms with Crippen molar-refractivity contribution in [3.63, 3.8) is 0 Å². The molecule has 0 aliphatic carbocycles. The molecule has 30 heavy (non-hydrogen) atoms. The predicted octanol–water partition coefficient (Wildman–Crippen LogP) is 3.35. The van der Waals surface area contributed by atoms with E-state index >= 15 is 0 Å². The molecule has 0 spiro atoms. The van der Waals surface area contributed by atoms with Crippen LogP contribution in [0.15, 0.2) is 48.5 Å². The van der Waals surface area contributed by atoms with Crippen molar-refractivity contribution in [2.24, 2.45) is 0 Å². The van der Waals surface area contributed by atoms with Crippen molar-refractivity contribution in [1.29, 1.82) is 0 Å². The Bertz CT molecular complexity index is 839. The van der Waals surface area contributed by atoms with Crippen LogP contribution in [0.5, 0.6) is 5.75 Å². The number of anilines is 1. The number of nitrogens with zero attached hydrogens (tertiary/aromatic N) is 1. The molecule has 160 valence electrons. The second-order valence-electron chi connectivity index (χ2n) is 8.05. The average molecular weight is 411 g/mol. The van der Waals surface area contributed by atoms with Crippen molar-refractivity contribution in [3.05, 3.63) is 59.7 Å². The number of benzene rings is 2. The lowest BCUT2D eigenvalue weighted by Crippen LogP contribution is -2.40. The second-order valence-corrected chi connectivity index (χ2v) is 8.05. The Morgan fingerprint density at radius 1 is 1.07 bits per heavy atom. The lowest BCUT2D eigenvalue weighted by molar-refractivity contribution is -0.132. The molecule has 1 aliphatic heterocycles. The van der Waals surface area contributed by atoms with E-state index in [1.54, 1.807) is 17.0 Å². The van der Waals surface area contributed by atoms with Crippen LogP contribution < -0.4 is 10.1 Å². The van der Waals surface area contributed by atoms with E-state index in [-0.39, 0.29) is 24.5 Å². The van der Waals surface area contributed by atoms with E-state index in [4.69, 9.17) is 4.74 Å². The van der Waals surface area contributed by atoms with Gasteiger partial charge in [0, 0.05) is 18.8 Å². The first-order valence-electron chi connectivity index (χ1n) is 10.5. The number of hydrogen-bond acceptors (Lipinski definition) is 4. The number of rotatable bonds is 7. The summed E-state index contributed by atoms with van der Waals surface area (Å²) in [6.45, 7) is 5.40. The normalized spacial score (nSPS) is 14.6. The van der Waals surface area contributed by atoms with Crippen molar-refractivity contribution >= 4 is 17.5 Å². The topological polar surface area (TPSA) is 78.9 Å². The molecule has 0 aromatic heterocycles. The van der Waals surface area contributed by atoms with Crippen LogP contribution in [0.25, 0.3) is 0 Å². The van der Waals surface area contributed by atoms with Crippen molar-refractivity contribution in [1.82, 2.24) is 4.90 Å². The number of likely N-dealkylation sites (tertiary alicyclic amines) is 1. The van der Waals surface area contributed by atoms with Gasteiger partial charge in [0.15, 0.2) is 6.61 Å². The molecule has 2 aromatic carbocycles. The predicted molar refractivity (Wildman–Crippen MR) is 117 cm³/mol.